The zero-order chi connectivity index (χ0) is 14.0. The van der Waals surface area contributed by atoms with E-state index in [2.05, 4.69) is 10.1 Å². The molecule has 0 saturated heterocycles. The molecule has 1 N–H and O–H groups in total. The van der Waals surface area contributed by atoms with Crippen LogP contribution in [0.2, 0.25) is 5.02 Å². The second-order valence-corrected chi connectivity index (χ2v) is 4.49. The van der Waals surface area contributed by atoms with E-state index in [0.29, 0.717) is 11.6 Å². The van der Waals surface area contributed by atoms with Gasteiger partial charge in [0.15, 0.2) is 0 Å². The van der Waals surface area contributed by atoms with Gasteiger partial charge in [0.2, 0.25) is 0 Å². The van der Waals surface area contributed by atoms with Crippen molar-refractivity contribution in [2.24, 2.45) is 0 Å². The van der Waals surface area contributed by atoms with Gasteiger partial charge in [-0.25, -0.2) is 4.79 Å². The number of hydrogen-bond acceptors (Lipinski definition) is 3. The highest BCUT2D eigenvalue weighted by molar-refractivity contribution is 6.31. The molecule has 0 radical (unpaired) electrons. The lowest BCUT2D eigenvalue weighted by Gasteiger charge is -2.07. The highest BCUT2D eigenvalue weighted by Crippen LogP contribution is 2.21. The maximum Gasteiger partial charge on any atom is 0.328 e. The number of hydrogen-bond donors (Lipinski definition) is 1. The lowest BCUT2D eigenvalue weighted by molar-refractivity contribution is 0.584. The van der Waals surface area contributed by atoms with Gasteiger partial charge in [-0.2, -0.15) is 5.10 Å². The topological polar surface area (TPSA) is 72.7 Å². The van der Waals surface area contributed by atoms with Gasteiger partial charge in [0, 0.05) is 18.8 Å². The predicted octanol–water partition coefficient (Wildman–Crippen LogP) is 1.02. The van der Waals surface area contributed by atoms with E-state index >= 15 is 0 Å². The summed E-state index contributed by atoms with van der Waals surface area (Å²) in [5, 5.41) is 4.97. The average Bonchev–Trinajstić information content (AvgIpc) is 2.69. The molecule has 102 valence electrons. The van der Waals surface area contributed by atoms with E-state index in [1.807, 2.05) is 13.8 Å². The third kappa shape index (κ3) is 2.63. The number of aromatic amines is 1. The summed E-state index contributed by atoms with van der Waals surface area (Å²) in [5.74, 6) is 0. The van der Waals surface area contributed by atoms with Crippen LogP contribution in [0.1, 0.15) is 25.2 Å². The maximum absolute atomic E-state index is 11.7. The Morgan fingerprint density at radius 3 is 2.68 bits per heavy atom. The van der Waals surface area contributed by atoms with Gasteiger partial charge in [-0.3, -0.25) is 19.0 Å². The first-order chi connectivity index (χ1) is 9.06. The van der Waals surface area contributed by atoms with Crippen LogP contribution in [-0.4, -0.2) is 19.3 Å². The zero-order valence-corrected chi connectivity index (χ0v) is 11.6. The van der Waals surface area contributed by atoms with Crippen molar-refractivity contribution < 1.29 is 0 Å². The Hall–Kier alpha value is -1.82. The smallest absolute Gasteiger partial charge is 0.295 e. The van der Waals surface area contributed by atoms with E-state index in [1.54, 1.807) is 4.68 Å². The van der Waals surface area contributed by atoms with Crippen molar-refractivity contribution in [2.75, 3.05) is 0 Å². The number of rotatable bonds is 4. The van der Waals surface area contributed by atoms with E-state index in [1.165, 1.54) is 16.8 Å². The van der Waals surface area contributed by atoms with Gasteiger partial charge in [0.25, 0.3) is 5.56 Å². The van der Waals surface area contributed by atoms with Crippen molar-refractivity contribution in [1.29, 1.82) is 0 Å². The second kappa shape index (κ2) is 5.44. The van der Waals surface area contributed by atoms with Crippen LogP contribution in [0, 0.1) is 0 Å². The molecule has 0 bridgehead atoms. The Morgan fingerprint density at radius 2 is 2.11 bits per heavy atom. The van der Waals surface area contributed by atoms with Crippen LogP contribution in [0.4, 0.5) is 0 Å². The summed E-state index contributed by atoms with van der Waals surface area (Å²) in [6.07, 6.45) is 2.19. The number of nitrogens with one attached hydrogen (secondary N) is 1. The van der Waals surface area contributed by atoms with Gasteiger partial charge < -0.3 is 0 Å². The molecule has 6 nitrogen and oxygen atoms in total. The van der Waals surface area contributed by atoms with Gasteiger partial charge in [0.05, 0.1) is 23.0 Å². The Labute approximate surface area is 114 Å². The van der Waals surface area contributed by atoms with Crippen LogP contribution >= 0.6 is 11.6 Å². The fourth-order valence-electron chi connectivity index (χ4n) is 1.90. The molecule has 0 aliphatic rings. The highest BCUT2D eigenvalue weighted by atomic mass is 35.5. The van der Waals surface area contributed by atoms with E-state index in [0.717, 1.165) is 17.8 Å². The third-order valence-electron chi connectivity index (χ3n) is 2.91. The largest absolute Gasteiger partial charge is 0.328 e. The summed E-state index contributed by atoms with van der Waals surface area (Å²) >= 11 is 6.27. The molecular weight excluding hydrogens is 268 g/mol. The summed E-state index contributed by atoms with van der Waals surface area (Å²) in [6, 6.07) is 1.31. The molecule has 0 fully saturated rings. The van der Waals surface area contributed by atoms with Crippen molar-refractivity contribution in [3.05, 3.63) is 49.5 Å². The van der Waals surface area contributed by atoms with E-state index in [4.69, 9.17) is 11.6 Å². The third-order valence-corrected chi connectivity index (χ3v) is 3.35. The fraction of sp³-hybridized carbons (Fsp3) is 0.417. The SMILES string of the molecule is CCc1nn(CC)c(Cn2ccc(=O)[nH]c2=O)c1Cl. The maximum atomic E-state index is 11.7. The van der Waals surface area contributed by atoms with Crippen molar-refractivity contribution in [3.8, 4) is 0 Å². The minimum Gasteiger partial charge on any atom is -0.295 e. The molecular formula is C12H15ClN4O2. The first-order valence-electron chi connectivity index (χ1n) is 6.10. The quantitative estimate of drug-likeness (QED) is 0.910. The Bertz CT molecular complexity index is 698. The minimum absolute atomic E-state index is 0.287. The van der Waals surface area contributed by atoms with Gasteiger partial charge in [-0.15, -0.1) is 0 Å². The van der Waals surface area contributed by atoms with Crippen molar-refractivity contribution in [3.63, 3.8) is 0 Å². The molecule has 2 aromatic rings. The lowest BCUT2D eigenvalue weighted by Crippen LogP contribution is -2.29. The summed E-state index contributed by atoms with van der Waals surface area (Å²) < 4.78 is 3.18. The van der Waals surface area contributed by atoms with E-state index < -0.39 is 11.2 Å². The first-order valence-corrected chi connectivity index (χ1v) is 6.48. The lowest BCUT2D eigenvalue weighted by atomic mass is 10.3. The molecule has 2 aromatic heterocycles. The molecule has 0 spiro atoms. The van der Waals surface area contributed by atoms with Gasteiger partial charge in [-0.05, 0) is 13.3 Å². The molecule has 0 amide bonds. The standard InChI is InChI=1S/C12H15ClN4O2/c1-3-8-11(13)9(17(4-2)15-8)7-16-6-5-10(18)14-12(16)19/h5-6H,3-4,7H2,1-2H3,(H,14,18,19). The minimum atomic E-state index is -0.453. The molecule has 19 heavy (non-hydrogen) atoms. The fourth-order valence-corrected chi connectivity index (χ4v) is 2.23. The summed E-state index contributed by atoms with van der Waals surface area (Å²) in [7, 11) is 0. The normalized spacial score (nSPS) is 10.9. The summed E-state index contributed by atoms with van der Waals surface area (Å²) in [4.78, 5) is 24.9. The Balaban J connectivity index is 2.45. The van der Waals surface area contributed by atoms with Crippen LogP contribution < -0.4 is 11.2 Å². The molecule has 0 saturated carbocycles. The van der Waals surface area contributed by atoms with Crippen LogP contribution in [0.25, 0.3) is 0 Å². The van der Waals surface area contributed by atoms with Gasteiger partial charge in [0.1, 0.15) is 0 Å². The molecule has 0 aliphatic carbocycles. The van der Waals surface area contributed by atoms with Crippen LogP contribution in [-0.2, 0) is 19.5 Å². The van der Waals surface area contributed by atoms with Gasteiger partial charge >= 0.3 is 5.69 Å². The number of aromatic nitrogens is 4. The molecule has 2 heterocycles. The highest BCUT2D eigenvalue weighted by Gasteiger charge is 2.15. The van der Waals surface area contributed by atoms with Crippen LogP contribution in [0.5, 0.6) is 0 Å². The molecule has 0 unspecified atom stereocenters. The average molecular weight is 283 g/mol. The number of aryl methyl sites for hydroxylation is 2. The molecule has 7 heteroatoms. The Morgan fingerprint density at radius 1 is 1.37 bits per heavy atom. The van der Waals surface area contributed by atoms with Crippen molar-refractivity contribution in [2.45, 2.75) is 33.4 Å². The van der Waals surface area contributed by atoms with E-state index in [9.17, 15) is 9.59 Å². The molecule has 0 aromatic carbocycles. The molecule has 2 rings (SSSR count). The number of nitrogens with zero attached hydrogens (tertiary/aromatic N) is 3. The molecule has 0 atom stereocenters. The van der Waals surface area contributed by atoms with Crippen LogP contribution in [0.3, 0.4) is 0 Å². The van der Waals surface area contributed by atoms with Crippen molar-refractivity contribution in [1.82, 2.24) is 19.3 Å². The van der Waals surface area contributed by atoms with Gasteiger partial charge in [-0.1, -0.05) is 18.5 Å². The van der Waals surface area contributed by atoms with Crippen molar-refractivity contribution >= 4 is 11.6 Å². The first kappa shape index (κ1) is 13.6. The monoisotopic (exact) mass is 282 g/mol. The summed E-state index contributed by atoms with van der Waals surface area (Å²) in [5.41, 5.74) is 0.724. The zero-order valence-electron chi connectivity index (χ0n) is 10.8. The predicted molar refractivity (Wildman–Crippen MR) is 72.7 cm³/mol. The molecule has 0 aliphatic heterocycles. The number of halogens is 1. The van der Waals surface area contributed by atoms with E-state index in [-0.39, 0.29) is 6.54 Å². The second-order valence-electron chi connectivity index (χ2n) is 4.11. The summed E-state index contributed by atoms with van der Waals surface area (Å²) in [6.45, 7) is 4.90. The number of H-pyrrole nitrogens is 1. The Kier molecular flexibility index (Phi) is 3.90. The van der Waals surface area contributed by atoms with Crippen LogP contribution in [0.15, 0.2) is 21.9 Å².